The van der Waals surface area contributed by atoms with Gasteiger partial charge in [-0.25, -0.2) is 9.37 Å². The SMILES string of the molecule is Oc1ccc(/C=N\Nc2nc(-c3ccc(F)cc3)cs2)cc1Cl. The number of benzene rings is 2. The van der Waals surface area contributed by atoms with Gasteiger partial charge >= 0.3 is 0 Å². The van der Waals surface area contributed by atoms with E-state index >= 15 is 0 Å². The van der Waals surface area contributed by atoms with E-state index in [1.165, 1.54) is 29.5 Å². The minimum atomic E-state index is -0.278. The molecule has 0 amide bonds. The maximum Gasteiger partial charge on any atom is 0.203 e. The van der Waals surface area contributed by atoms with Crippen LogP contribution >= 0.6 is 22.9 Å². The molecule has 0 atom stereocenters. The number of rotatable bonds is 4. The van der Waals surface area contributed by atoms with Crippen LogP contribution < -0.4 is 5.43 Å². The van der Waals surface area contributed by atoms with Gasteiger partial charge in [0.05, 0.1) is 16.9 Å². The molecule has 0 fully saturated rings. The summed E-state index contributed by atoms with van der Waals surface area (Å²) in [6.45, 7) is 0. The number of hydrogen-bond acceptors (Lipinski definition) is 5. The van der Waals surface area contributed by atoms with Crippen molar-refractivity contribution < 1.29 is 9.50 Å². The zero-order chi connectivity index (χ0) is 16.2. The highest BCUT2D eigenvalue weighted by atomic mass is 35.5. The van der Waals surface area contributed by atoms with Gasteiger partial charge in [0.15, 0.2) is 0 Å². The van der Waals surface area contributed by atoms with Crippen molar-refractivity contribution >= 4 is 34.3 Å². The van der Waals surface area contributed by atoms with Crippen LogP contribution in [0.2, 0.25) is 5.02 Å². The predicted octanol–water partition coefficient (Wildman–Crippen LogP) is 4.75. The van der Waals surface area contributed by atoms with Gasteiger partial charge in [0.2, 0.25) is 5.13 Å². The normalized spacial score (nSPS) is 11.0. The molecular formula is C16H11ClFN3OS. The first-order valence-corrected chi connectivity index (χ1v) is 7.86. The van der Waals surface area contributed by atoms with Crippen LogP contribution in [0, 0.1) is 5.82 Å². The van der Waals surface area contributed by atoms with Crippen LogP contribution in [0.25, 0.3) is 11.3 Å². The molecule has 1 aromatic heterocycles. The van der Waals surface area contributed by atoms with Crippen LogP contribution in [0.1, 0.15) is 5.56 Å². The van der Waals surface area contributed by atoms with Gasteiger partial charge in [0.1, 0.15) is 11.6 Å². The lowest BCUT2D eigenvalue weighted by Gasteiger charge is -1.98. The molecule has 0 aliphatic heterocycles. The minimum absolute atomic E-state index is 0.0284. The Hall–Kier alpha value is -2.44. The Balaban J connectivity index is 1.68. The fourth-order valence-electron chi connectivity index (χ4n) is 1.84. The number of aromatic hydroxyl groups is 1. The van der Waals surface area contributed by atoms with Gasteiger partial charge < -0.3 is 5.11 Å². The van der Waals surface area contributed by atoms with Gasteiger partial charge in [0.25, 0.3) is 0 Å². The fraction of sp³-hybridized carbons (Fsp3) is 0. The zero-order valence-electron chi connectivity index (χ0n) is 11.7. The minimum Gasteiger partial charge on any atom is -0.506 e. The molecule has 7 heteroatoms. The second kappa shape index (κ2) is 6.76. The highest BCUT2D eigenvalue weighted by Gasteiger charge is 2.04. The third-order valence-electron chi connectivity index (χ3n) is 2.99. The summed E-state index contributed by atoms with van der Waals surface area (Å²) in [5.74, 6) is -0.250. The molecule has 0 radical (unpaired) electrons. The molecule has 1 heterocycles. The van der Waals surface area contributed by atoms with Gasteiger partial charge in [-0.1, -0.05) is 11.6 Å². The van der Waals surface area contributed by atoms with E-state index in [-0.39, 0.29) is 16.6 Å². The van der Waals surface area contributed by atoms with Crippen LogP contribution in [-0.4, -0.2) is 16.3 Å². The average molecular weight is 348 g/mol. The number of nitrogens with zero attached hydrogens (tertiary/aromatic N) is 2. The summed E-state index contributed by atoms with van der Waals surface area (Å²) in [6, 6.07) is 10.9. The molecule has 0 aliphatic rings. The topological polar surface area (TPSA) is 57.5 Å². The standard InChI is InChI=1S/C16H11ClFN3OS/c17-13-7-10(1-6-15(13)22)8-19-21-16-20-14(9-23-16)11-2-4-12(18)5-3-11/h1-9,22H,(H,20,21)/b19-8-. The molecule has 116 valence electrons. The second-order valence-electron chi connectivity index (χ2n) is 4.63. The summed E-state index contributed by atoms with van der Waals surface area (Å²) in [4.78, 5) is 4.38. The summed E-state index contributed by atoms with van der Waals surface area (Å²) in [5, 5.41) is 16.2. The summed E-state index contributed by atoms with van der Waals surface area (Å²) >= 11 is 7.22. The summed E-state index contributed by atoms with van der Waals surface area (Å²) in [6.07, 6.45) is 1.57. The van der Waals surface area contributed by atoms with Crippen LogP contribution in [0.5, 0.6) is 5.75 Å². The van der Waals surface area contributed by atoms with Crippen molar-refractivity contribution in [2.75, 3.05) is 5.43 Å². The lowest BCUT2D eigenvalue weighted by atomic mass is 10.2. The monoisotopic (exact) mass is 347 g/mol. The Bertz CT molecular complexity index is 849. The lowest BCUT2D eigenvalue weighted by Crippen LogP contribution is -1.90. The maximum absolute atomic E-state index is 12.9. The fourth-order valence-corrected chi connectivity index (χ4v) is 2.70. The van der Waals surface area contributed by atoms with Gasteiger partial charge in [-0.15, -0.1) is 11.3 Å². The zero-order valence-corrected chi connectivity index (χ0v) is 13.3. The van der Waals surface area contributed by atoms with E-state index in [2.05, 4.69) is 15.5 Å². The van der Waals surface area contributed by atoms with Gasteiger partial charge in [0, 0.05) is 10.9 Å². The number of thiazole rings is 1. The first kappa shape index (κ1) is 15.5. The molecular weight excluding hydrogens is 337 g/mol. The molecule has 2 N–H and O–H groups in total. The van der Waals surface area contributed by atoms with E-state index in [1.807, 2.05) is 5.38 Å². The van der Waals surface area contributed by atoms with Gasteiger partial charge in [-0.2, -0.15) is 5.10 Å². The number of anilines is 1. The second-order valence-corrected chi connectivity index (χ2v) is 5.89. The maximum atomic E-state index is 12.9. The molecule has 3 aromatic rings. The van der Waals surface area contributed by atoms with Crippen molar-refractivity contribution in [2.24, 2.45) is 5.10 Å². The highest BCUT2D eigenvalue weighted by molar-refractivity contribution is 7.14. The molecule has 0 saturated heterocycles. The van der Waals surface area contributed by atoms with Crippen molar-refractivity contribution in [2.45, 2.75) is 0 Å². The van der Waals surface area contributed by atoms with Crippen molar-refractivity contribution in [1.29, 1.82) is 0 Å². The van der Waals surface area contributed by atoms with Crippen molar-refractivity contribution in [3.63, 3.8) is 0 Å². The molecule has 0 saturated carbocycles. The van der Waals surface area contributed by atoms with Crippen molar-refractivity contribution in [3.8, 4) is 17.0 Å². The molecule has 23 heavy (non-hydrogen) atoms. The van der Waals surface area contributed by atoms with Crippen LogP contribution in [0.3, 0.4) is 0 Å². The lowest BCUT2D eigenvalue weighted by molar-refractivity contribution is 0.475. The molecule has 0 aliphatic carbocycles. The van der Waals surface area contributed by atoms with E-state index in [0.29, 0.717) is 5.13 Å². The molecule has 4 nitrogen and oxygen atoms in total. The number of phenols is 1. The van der Waals surface area contributed by atoms with Gasteiger partial charge in [-0.3, -0.25) is 5.43 Å². The Morgan fingerprint density at radius 3 is 2.74 bits per heavy atom. The number of phenolic OH excluding ortho intramolecular Hbond substituents is 1. The molecule has 0 spiro atoms. The van der Waals surface area contributed by atoms with E-state index in [0.717, 1.165) is 16.8 Å². The van der Waals surface area contributed by atoms with E-state index in [4.69, 9.17) is 11.6 Å². The summed E-state index contributed by atoms with van der Waals surface area (Å²) in [7, 11) is 0. The third kappa shape index (κ3) is 3.85. The first-order valence-electron chi connectivity index (χ1n) is 6.61. The predicted molar refractivity (Wildman–Crippen MR) is 91.8 cm³/mol. The Morgan fingerprint density at radius 2 is 2.00 bits per heavy atom. The number of hydrazone groups is 1. The van der Waals surface area contributed by atoms with E-state index in [9.17, 15) is 9.50 Å². The average Bonchev–Trinajstić information content (AvgIpc) is 3.00. The van der Waals surface area contributed by atoms with Crippen molar-refractivity contribution in [3.05, 3.63) is 64.2 Å². The number of hydrogen-bond donors (Lipinski definition) is 2. The van der Waals surface area contributed by atoms with Crippen LogP contribution in [0.15, 0.2) is 52.9 Å². The molecule has 2 aromatic carbocycles. The summed E-state index contributed by atoms with van der Waals surface area (Å²) < 4.78 is 12.9. The largest absolute Gasteiger partial charge is 0.506 e. The van der Waals surface area contributed by atoms with Gasteiger partial charge in [-0.05, 0) is 48.0 Å². The number of nitrogens with one attached hydrogen (secondary N) is 1. The third-order valence-corrected chi connectivity index (χ3v) is 4.04. The Kier molecular flexibility index (Phi) is 4.55. The van der Waals surface area contributed by atoms with E-state index < -0.39 is 0 Å². The number of halogens is 2. The first-order chi connectivity index (χ1) is 11.1. The Labute approximate surface area is 140 Å². The van der Waals surface area contributed by atoms with Crippen LogP contribution in [0.4, 0.5) is 9.52 Å². The molecule has 3 rings (SSSR count). The number of aromatic nitrogens is 1. The smallest absolute Gasteiger partial charge is 0.203 e. The molecule has 0 unspecified atom stereocenters. The van der Waals surface area contributed by atoms with Crippen LogP contribution in [-0.2, 0) is 0 Å². The molecule has 0 bridgehead atoms. The summed E-state index contributed by atoms with van der Waals surface area (Å²) in [5.41, 5.74) is 5.16. The van der Waals surface area contributed by atoms with E-state index in [1.54, 1.807) is 30.5 Å². The Morgan fingerprint density at radius 1 is 1.22 bits per heavy atom. The highest BCUT2D eigenvalue weighted by Crippen LogP contribution is 2.25. The van der Waals surface area contributed by atoms with Crippen molar-refractivity contribution in [1.82, 2.24) is 4.98 Å². The quantitative estimate of drug-likeness (QED) is 0.528.